The molecule has 2 rings (SSSR count). The van der Waals surface area contributed by atoms with Crippen LogP contribution in [-0.4, -0.2) is 12.6 Å². The minimum Gasteiger partial charge on any atom is -0.465 e. The summed E-state index contributed by atoms with van der Waals surface area (Å²) in [6.45, 7) is 2.28. The van der Waals surface area contributed by atoms with E-state index < -0.39 is 5.41 Å². The van der Waals surface area contributed by atoms with Crippen LogP contribution in [0.4, 0.5) is 5.69 Å². The van der Waals surface area contributed by atoms with Crippen LogP contribution in [0, 0.1) is 0 Å². The van der Waals surface area contributed by atoms with Gasteiger partial charge in [0.1, 0.15) is 0 Å². The van der Waals surface area contributed by atoms with Gasteiger partial charge in [0.05, 0.1) is 12.0 Å². The number of anilines is 1. The summed E-state index contributed by atoms with van der Waals surface area (Å²) in [6, 6.07) is 7.64. The lowest BCUT2D eigenvalue weighted by molar-refractivity contribution is -0.150. The summed E-state index contributed by atoms with van der Waals surface area (Å²) in [6.07, 6.45) is 3.89. The van der Waals surface area contributed by atoms with Crippen LogP contribution >= 0.6 is 0 Å². The third-order valence-corrected chi connectivity index (χ3v) is 3.56. The molecule has 1 saturated carbocycles. The van der Waals surface area contributed by atoms with E-state index in [0.717, 1.165) is 31.2 Å². The highest BCUT2D eigenvalue weighted by Crippen LogP contribution is 2.42. The van der Waals surface area contributed by atoms with E-state index in [0.29, 0.717) is 12.3 Å². The molecule has 3 nitrogen and oxygen atoms in total. The van der Waals surface area contributed by atoms with Gasteiger partial charge in [-0.2, -0.15) is 0 Å². The summed E-state index contributed by atoms with van der Waals surface area (Å²) >= 11 is 0. The number of hydrogen-bond acceptors (Lipinski definition) is 3. The highest BCUT2D eigenvalue weighted by molar-refractivity contribution is 5.84. The molecule has 92 valence electrons. The molecule has 0 atom stereocenters. The van der Waals surface area contributed by atoms with Gasteiger partial charge in [-0.15, -0.1) is 0 Å². The summed E-state index contributed by atoms with van der Waals surface area (Å²) in [5.41, 5.74) is 7.07. The van der Waals surface area contributed by atoms with Gasteiger partial charge < -0.3 is 10.5 Å². The third kappa shape index (κ3) is 2.14. The fourth-order valence-electron chi connectivity index (χ4n) is 2.69. The van der Waals surface area contributed by atoms with Crippen molar-refractivity contribution in [3.05, 3.63) is 29.8 Å². The normalized spacial score (nSPS) is 17.9. The number of carbonyl (C=O) groups is 1. The molecule has 0 aliphatic heterocycles. The van der Waals surface area contributed by atoms with E-state index in [1.807, 2.05) is 31.2 Å². The van der Waals surface area contributed by atoms with Crippen molar-refractivity contribution in [3.8, 4) is 0 Å². The number of benzene rings is 1. The summed E-state index contributed by atoms with van der Waals surface area (Å²) in [7, 11) is 0. The molecule has 1 aromatic carbocycles. The highest BCUT2D eigenvalue weighted by Gasteiger charge is 2.44. The molecular formula is C14H19NO2. The molecule has 0 spiro atoms. The monoisotopic (exact) mass is 233 g/mol. The minimum atomic E-state index is -0.453. The second kappa shape index (κ2) is 4.78. The maximum Gasteiger partial charge on any atom is 0.316 e. The number of carbonyl (C=O) groups excluding carboxylic acids is 1. The maximum absolute atomic E-state index is 12.2. The van der Waals surface area contributed by atoms with Crippen molar-refractivity contribution < 1.29 is 9.53 Å². The first kappa shape index (κ1) is 12.0. The molecule has 0 heterocycles. The van der Waals surface area contributed by atoms with Crippen molar-refractivity contribution in [1.29, 1.82) is 0 Å². The largest absolute Gasteiger partial charge is 0.465 e. The van der Waals surface area contributed by atoms with Gasteiger partial charge in [0, 0.05) is 5.69 Å². The first-order valence-electron chi connectivity index (χ1n) is 6.22. The van der Waals surface area contributed by atoms with Crippen molar-refractivity contribution >= 4 is 11.7 Å². The average Bonchev–Trinajstić information content (AvgIpc) is 2.79. The molecule has 1 aliphatic carbocycles. The van der Waals surface area contributed by atoms with Gasteiger partial charge in [0.2, 0.25) is 0 Å². The Morgan fingerprint density at radius 1 is 1.41 bits per heavy atom. The maximum atomic E-state index is 12.2. The van der Waals surface area contributed by atoms with Gasteiger partial charge in [-0.1, -0.05) is 25.0 Å². The smallest absolute Gasteiger partial charge is 0.316 e. The number of nitrogens with two attached hydrogens (primary N) is 1. The molecule has 0 aromatic heterocycles. The van der Waals surface area contributed by atoms with Crippen LogP contribution in [0.3, 0.4) is 0 Å². The molecule has 1 aromatic rings. The van der Waals surface area contributed by atoms with E-state index in [-0.39, 0.29) is 5.97 Å². The van der Waals surface area contributed by atoms with Crippen LogP contribution in [-0.2, 0) is 14.9 Å². The molecule has 1 fully saturated rings. The highest BCUT2D eigenvalue weighted by atomic mass is 16.5. The van der Waals surface area contributed by atoms with Crippen molar-refractivity contribution in [2.75, 3.05) is 12.3 Å². The summed E-state index contributed by atoms with van der Waals surface area (Å²) in [4.78, 5) is 12.2. The van der Waals surface area contributed by atoms with Crippen LogP contribution in [0.25, 0.3) is 0 Å². The number of esters is 1. The SMILES string of the molecule is CCOC(=O)C1(c2cccc(N)c2)CCCC1. The fourth-order valence-corrected chi connectivity index (χ4v) is 2.69. The van der Waals surface area contributed by atoms with Crippen LogP contribution in [0.5, 0.6) is 0 Å². The van der Waals surface area contributed by atoms with Crippen molar-refractivity contribution in [2.45, 2.75) is 38.0 Å². The van der Waals surface area contributed by atoms with Crippen molar-refractivity contribution in [2.24, 2.45) is 0 Å². The Kier molecular flexibility index (Phi) is 3.36. The number of rotatable bonds is 3. The Morgan fingerprint density at radius 2 is 2.12 bits per heavy atom. The lowest BCUT2D eigenvalue weighted by Gasteiger charge is -2.27. The standard InChI is InChI=1S/C14H19NO2/c1-2-17-13(16)14(8-3-4-9-14)11-6-5-7-12(15)10-11/h5-7,10H,2-4,8-9,15H2,1H3. The molecule has 3 heteroatoms. The second-order valence-electron chi connectivity index (χ2n) is 4.64. The Balaban J connectivity index is 2.37. The van der Waals surface area contributed by atoms with E-state index in [1.54, 1.807) is 0 Å². The average molecular weight is 233 g/mol. The van der Waals surface area contributed by atoms with Crippen LogP contribution in [0.15, 0.2) is 24.3 Å². The third-order valence-electron chi connectivity index (χ3n) is 3.56. The number of nitrogen functional groups attached to an aromatic ring is 1. The van der Waals surface area contributed by atoms with E-state index >= 15 is 0 Å². The van der Waals surface area contributed by atoms with Crippen LogP contribution in [0.2, 0.25) is 0 Å². The molecule has 2 N–H and O–H groups in total. The second-order valence-corrected chi connectivity index (χ2v) is 4.64. The Morgan fingerprint density at radius 3 is 2.71 bits per heavy atom. The molecule has 0 saturated heterocycles. The van der Waals surface area contributed by atoms with Gasteiger partial charge >= 0.3 is 5.97 Å². The molecule has 0 radical (unpaired) electrons. The predicted octanol–water partition coefficient (Wildman–Crippen LogP) is 2.64. The lowest BCUT2D eigenvalue weighted by Crippen LogP contribution is -2.34. The molecule has 17 heavy (non-hydrogen) atoms. The first-order valence-corrected chi connectivity index (χ1v) is 6.22. The molecular weight excluding hydrogens is 214 g/mol. The summed E-state index contributed by atoms with van der Waals surface area (Å²) < 4.78 is 5.24. The Labute approximate surface area is 102 Å². The zero-order valence-corrected chi connectivity index (χ0v) is 10.2. The van der Waals surface area contributed by atoms with Crippen LogP contribution in [0.1, 0.15) is 38.2 Å². The Bertz CT molecular complexity index is 408. The van der Waals surface area contributed by atoms with E-state index in [2.05, 4.69) is 0 Å². The summed E-state index contributed by atoms with van der Waals surface area (Å²) in [5.74, 6) is -0.0944. The summed E-state index contributed by atoms with van der Waals surface area (Å²) in [5, 5.41) is 0. The van der Waals surface area contributed by atoms with Gasteiger partial charge in [-0.25, -0.2) is 0 Å². The molecule has 1 aliphatic rings. The number of hydrogen-bond donors (Lipinski definition) is 1. The lowest BCUT2D eigenvalue weighted by atomic mass is 9.79. The van der Waals surface area contributed by atoms with Gasteiger partial charge in [0.15, 0.2) is 0 Å². The fraction of sp³-hybridized carbons (Fsp3) is 0.500. The zero-order chi connectivity index (χ0) is 12.3. The van der Waals surface area contributed by atoms with Gasteiger partial charge in [-0.3, -0.25) is 4.79 Å². The van der Waals surface area contributed by atoms with Gasteiger partial charge in [0.25, 0.3) is 0 Å². The molecule has 0 amide bonds. The zero-order valence-electron chi connectivity index (χ0n) is 10.2. The quantitative estimate of drug-likeness (QED) is 0.645. The van der Waals surface area contributed by atoms with E-state index in [9.17, 15) is 4.79 Å². The minimum absolute atomic E-state index is 0.0944. The molecule has 0 bridgehead atoms. The topological polar surface area (TPSA) is 52.3 Å². The van der Waals surface area contributed by atoms with Gasteiger partial charge in [-0.05, 0) is 37.5 Å². The predicted molar refractivity (Wildman–Crippen MR) is 67.6 cm³/mol. The Hall–Kier alpha value is -1.51. The molecule has 0 unspecified atom stereocenters. The van der Waals surface area contributed by atoms with Crippen molar-refractivity contribution in [3.63, 3.8) is 0 Å². The first-order chi connectivity index (χ1) is 8.19. The van der Waals surface area contributed by atoms with E-state index in [4.69, 9.17) is 10.5 Å². The van der Waals surface area contributed by atoms with E-state index in [1.165, 1.54) is 0 Å². The van der Waals surface area contributed by atoms with Crippen LogP contribution < -0.4 is 5.73 Å². The number of ether oxygens (including phenoxy) is 1. The van der Waals surface area contributed by atoms with Crippen molar-refractivity contribution in [1.82, 2.24) is 0 Å².